The van der Waals surface area contributed by atoms with Crippen molar-refractivity contribution in [1.82, 2.24) is 0 Å². The van der Waals surface area contributed by atoms with E-state index in [4.69, 9.17) is 14.2 Å². The highest BCUT2D eigenvalue weighted by Crippen LogP contribution is 2.17. The van der Waals surface area contributed by atoms with E-state index in [-0.39, 0.29) is 19.8 Å². The molecular weight excluding hydrogens is 492 g/mol. The summed E-state index contributed by atoms with van der Waals surface area (Å²) < 4.78 is 16.6. The van der Waals surface area contributed by atoms with Crippen LogP contribution in [0.2, 0.25) is 0 Å². The van der Waals surface area contributed by atoms with Crippen LogP contribution >= 0.6 is 0 Å². The standard InChI is InChI=1S/C33H30O6/c1-22-4-10-28(11-5-22)31(34)37-19-25-16-26(20-38-32(35)29-12-6-23(2)7-13-29)18-27(17-25)21-39-33(36)30-14-8-24(3)9-15-30/h4-18H,19-21H2,1-3H3. The van der Waals surface area contributed by atoms with Gasteiger partial charge in [0.1, 0.15) is 19.8 Å². The van der Waals surface area contributed by atoms with E-state index in [9.17, 15) is 14.4 Å². The number of carbonyl (C=O) groups excluding carboxylic acids is 3. The van der Waals surface area contributed by atoms with Crippen LogP contribution in [0, 0.1) is 20.8 Å². The zero-order valence-corrected chi connectivity index (χ0v) is 22.2. The van der Waals surface area contributed by atoms with Gasteiger partial charge in [-0.3, -0.25) is 0 Å². The van der Waals surface area contributed by atoms with Gasteiger partial charge in [0.25, 0.3) is 0 Å². The summed E-state index contributed by atoms with van der Waals surface area (Å²) in [7, 11) is 0. The first-order valence-corrected chi connectivity index (χ1v) is 12.6. The SMILES string of the molecule is Cc1ccc(C(=O)OCc2cc(COC(=O)c3ccc(C)cc3)cc(COC(=O)c3ccc(C)cc3)c2)cc1. The Morgan fingerprint density at radius 1 is 0.436 bits per heavy atom. The van der Waals surface area contributed by atoms with Gasteiger partial charge in [-0.15, -0.1) is 0 Å². The van der Waals surface area contributed by atoms with Crippen molar-refractivity contribution in [3.63, 3.8) is 0 Å². The van der Waals surface area contributed by atoms with Gasteiger partial charge in [-0.05, 0) is 92.1 Å². The number of aryl methyl sites for hydroxylation is 3. The van der Waals surface area contributed by atoms with E-state index in [1.165, 1.54) is 0 Å². The number of carbonyl (C=O) groups is 3. The number of benzene rings is 4. The Morgan fingerprint density at radius 2 is 0.667 bits per heavy atom. The Hall–Kier alpha value is -4.71. The lowest BCUT2D eigenvalue weighted by atomic mass is 10.1. The van der Waals surface area contributed by atoms with Gasteiger partial charge in [0.2, 0.25) is 0 Å². The molecule has 6 heteroatoms. The molecule has 4 aromatic carbocycles. The topological polar surface area (TPSA) is 78.9 Å². The quantitative estimate of drug-likeness (QED) is 0.180. The fraction of sp³-hybridized carbons (Fsp3) is 0.182. The molecule has 0 spiro atoms. The summed E-state index contributed by atoms with van der Waals surface area (Å²) in [5.41, 5.74) is 6.54. The molecule has 39 heavy (non-hydrogen) atoms. The number of hydrogen-bond donors (Lipinski definition) is 0. The molecule has 6 nitrogen and oxygen atoms in total. The molecular formula is C33H30O6. The van der Waals surface area contributed by atoms with E-state index in [1.54, 1.807) is 54.6 Å². The van der Waals surface area contributed by atoms with Gasteiger partial charge in [-0.1, -0.05) is 53.1 Å². The van der Waals surface area contributed by atoms with Gasteiger partial charge >= 0.3 is 17.9 Å². The smallest absolute Gasteiger partial charge is 0.338 e. The Labute approximate surface area is 228 Å². The third-order valence-corrected chi connectivity index (χ3v) is 6.08. The van der Waals surface area contributed by atoms with Crippen molar-refractivity contribution < 1.29 is 28.6 Å². The molecule has 0 saturated carbocycles. The summed E-state index contributed by atoms with van der Waals surface area (Å²) in [5.74, 6) is -1.34. The zero-order valence-electron chi connectivity index (χ0n) is 22.2. The molecule has 0 fully saturated rings. The Kier molecular flexibility index (Phi) is 8.90. The largest absolute Gasteiger partial charge is 0.457 e. The highest BCUT2D eigenvalue weighted by molar-refractivity contribution is 5.90. The van der Waals surface area contributed by atoms with Crippen LogP contribution in [0.3, 0.4) is 0 Å². The number of esters is 3. The summed E-state index contributed by atoms with van der Waals surface area (Å²) in [6.45, 7) is 5.85. The van der Waals surface area contributed by atoms with Crippen molar-refractivity contribution in [3.8, 4) is 0 Å². The van der Waals surface area contributed by atoms with Crippen molar-refractivity contribution in [1.29, 1.82) is 0 Å². The monoisotopic (exact) mass is 522 g/mol. The van der Waals surface area contributed by atoms with Crippen LogP contribution < -0.4 is 0 Å². The van der Waals surface area contributed by atoms with Crippen molar-refractivity contribution >= 4 is 17.9 Å². The van der Waals surface area contributed by atoms with Crippen LogP contribution in [0.1, 0.15) is 64.5 Å². The van der Waals surface area contributed by atoms with Crippen LogP contribution in [0.5, 0.6) is 0 Å². The molecule has 0 N–H and O–H groups in total. The molecule has 0 aliphatic carbocycles. The van der Waals surface area contributed by atoms with E-state index < -0.39 is 17.9 Å². The lowest BCUT2D eigenvalue weighted by Gasteiger charge is -2.12. The predicted molar refractivity (Wildman–Crippen MR) is 147 cm³/mol. The lowest BCUT2D eigenvalue weighted by molar-refractivity contribution is 0.0471. The molecule has 0 radical (unpaired) electrons. The molecule has 0 atom stereocenters. The van der Waals surface area contributed by atoms with Crippen LogP contribution in [-0.4, -0.2) is 17.9 Å². The van der Waals surface area contributed by atoms with Gasteiger partial charge in [0.05, 0.1) is 16.7 Å². The van der Waals surface area contributed by atoms with Crippen LogP contribution in [0.25, 0.3) is 0 Å². The van der Waals surface area contributed by atoms with E-state index in [1.807, 2.05) is 57.2 Å². The fourth-order valence-corrected chi connectivity index (χ4v) is 3.85. The van der Waals surface area contributed by atoms with E-state index >= 15 is 0 Å². The number of hydrogen-bond acceptors (Lipinski definition) is 6. The van der Waals surface area contributed by atoms with Crippen molar-refractivity contribution in [2.45, 2.75) is 40.6 Å². The Balaban J connectivity index is 1.47. The van der Waals surface area contributed by atoms with Gasteiger partial charge in [0.15, 0.2) is 0 Å². The molecule has 0 aliphatic heterocycles. The average molecular weight is 523 g/mol. The molecule has 0 heterocycles. The predicted octanol–water partition coefficient (Wildman–Crippen LogP) is 6.68. The summed E-state index contributed by atoms with van der Waals surface area (Å²) >= 11 is 0. The Bertz CT molecular complexity index is 1260. The third kappa shape index (κ3) is 7.89. The van der Waals surface area contributed by atoms with Gasteiger partial charge in [0, 0.05) is 0 Å². The minimum Gasteiger partial charge on any atom is -0.457 e. The molecule has 0 amide bonds. The molecule has 4 rings (SSSR count). The summed E-state index contributed by atoms with van der Waals surface area (Å²) in [6, 6.07) is 26.8. The summed E-state index contributed by atoms with van der Waals surface area (Å²) in [4.78, 5) is 37.6. The molecule has 0 saturated heterocycles. The molecule has 0 bridgehead atoms. The van der Waals surface area contributed by atoms with Gasteiger partial charge < -0.3 is 14.2 Å². The molecule has 0 aromatic heterocycles. The zero-order chi connectivity index (χ0) is 27.8. The average Bonchev–Trinajstić information content (AvgIpc) is 2.94. The normalized spacial score (nSPS) is 10.5. The van der Waals surface area contributed by atoms with Gasteiger partial charge in [-0.25, -0.2) is 14.4 Å². The van der Waals surface area contributed by atoms with Crippen LogP contribution in [0.15, 0.2) is 91.0 Å². The highest BCUT2D eigenvalue weighted by Gasteiger charge is 2.13. The second-order valence-electron chi connectivity index (χ2n) is 9.48. The molecule has 0 unspecified atom stereocenters. The maximum absolute atomic E-state index is 12.5. The lowest BCUT2D eigenvalue weighted by Crippen LogP contribution is -2.09. The summed E-state index contributed by atoms with van der Waals surface area (Å²) in [5, 5.41) is 0. The van der Waals surface area contributed by atoms with Crippen molar-refractivity contribution in [3.05, 3.63) is 141 Å². The maximum Gasteiger partial charge on any atom is 0.338 e. The van der Waals surface area contributed by atoms with Crippen LogP contribution in [0.4, 0.5) is 0 Å². The minimum atomic E-state index is -0.446. The number of ether oxygens (including phenoxy) is 3. The first kappa shape index (κ1) is 27.3. The van der Waals surface area contributed by atoms with Crippen molar-refractivity contribution in [2.75, 3.05) is 0 Å². The first-order valence-electron chi connectivity index (χ1n) is 12.6. The molecule has 4 aromatic rings. The summed E-state index contributed by atoms with van der Waals surface area (Å²) in [6.07, 6.45) is 0. The second-order valence-corrected chi connectivity index (χ2v) is 9.48. The van der Waals surface area contributed by atoms with E-state index in [0.29, 0.717) is 33.4 Å². The fourth-order valence-electron chi connectivity index (χ4n) is 3.85. The van der Waals surface area contributed by atoms with E-state index in [0.717, 1.165) is 16.7 Å². The highest BCUT2D eigenvalue weighted by atomic mass is 16.5. The molecule has 0 aliphatic rings. The minimum absolute atomic E-state index is 0.00532. The number of rotatable bonds is 9. The Morgan fingerprint density at radius 3 is 0.897 bits per heavy atom. The second kappa shape index (κ2) is 12.7. The molecule has 198 valence electrons. The third-order valence-electron chi connectivity index (χ3n) is 6.08. The van der Waals surface area contributed by atoms with E-state index in [2.05, 4.69) is 0 Å². The van der Waals surface area contributed by atoms with Gasteiger partial charge in [-0.2, -0.15) is 0 Å². The first-order chi connectivity index (χ1) is 18.8. The van der Waals surface area contributed by atoms with Crippen LogP contribution in [-0.2, 0) is 34.0 Å². The van der Waals surface area contributed by atoms with Crippen molar-refractivity contribution in [2.24, 2.45) is 0 Å². The maximum atomic E-state index is 12.5.